The molecule has 4 rings (SSSR count). The highest BCUT2D eigenvalue weighted by atomic mass is 16.2. The molecule has 5 nitrogen and oxygen atoms in total. The van der Waals surface area contributed by atoms with Gasteiger partial charge in [-0.15, -0.1) is 12.3 Å². The van der Waals surface area contributed by atoms with Gasteiger partial charge in [0.15, 0.2) is 5.66 Å². The Morgan fingerprint density at radius 1 is 1.18 bits per heavy atom. The Balaban J connectivity index is 1.28. The maximum atomic E-state index is 12.8. The monoisotopic (exact) mass is 378 g/mol. The Kier molecular flexibility index (Phi) is 5.77. The van der Waals surface area contributed by atoms with E-state index in [1.165, 1.54) is 24.9 Å². The van der Waals surface area contributed by atoms with Crippen LogP contribution in [0, 0.1) is 18.3 Å². The molecule has 2 saturated heterocycles. The van der Waals surface area contributed by atoms with Crippen LogP contribution in [-0.4, -0.2) is 47.0 Å². The summed E-state index contributed by atoms with van der Waals surface area (Å²) in [6.45, 7) is 3.97. The van der Waals surface area contributed by atoms with Gasteiger partial charge in [-0.1, -0.05) is 30.3 Å². The number of rotatable bonds is 7. The number of carbonyl (C=O) groups is 1. The summed E-state index contributed by atoms with van der Waals surface area (Å²) in [6, 6.07) is 11.3. The molecule has 1 aromatic carbocycles. The number of piperidine rings is 2. The maximum Gasteiger partial charge on any atom is 0.222 e. The van der Waals surface area contributed by atoms with Crippen LogP contribution in [0.1, 0.15) is 50.5 Å². The van der Waals surface area contributed by atoms with Gasteiger partial charge >= 0.3 is 0 Å². The minimum atomic E-state index is -0.350. The second kappa shape index (κ2) is 8.45. The number of amides is 1. The molecule has 2 unspecified atom stereocenters. The van der Waals surface area contributed by atoms with E-state index in [0.29, 0.717) is 31.2 Å². The van der Waals surface area contributed by atoms with Gasteiger partial charge < -0.3 is 4.90 Å². The Morgan fingerprint density at radius 2 is 2.00 bits per heavy atom. The van der Waals surface area contributed by atoms with Crippen LogP contribution in [-0.2, 0) is 11.3 Å². The van der Waals surface area contributed by atoms with Crippen molar-refractivity contribution in [2.45, 2.75) is 63.2 Å². The van der Waals surface area contributed by atoms with Crippen molar-refractivity contribution >= 4 is 5.91 Å². The van der Waals surface area contributed by atoms with E-state index < -0.39 is 0 Å². The SMILES string of the molecule is C#CCCC1(CCC(=O)N2CCC3C(CCCN3Cc3ccccc3)C2)N=N1. The van der Waals surface area contributed by atoms with Crippen LogP contribution in [0.2, 0.25) is 0 Å². The van der Waals surface area contributed by atoms with Gasteiger partial charge in [0.1, 0.15) is 0 Å². The van der Waals surface area contributed by atoms with Crippen LogP contribution in [0.4, 0.5) is 0 Å². The molecule has 3 aliphatic heterocycles. The molecule has 2 atom stereocenters. The lowest BCUT2D eigenvalue weighted by Gasteiger charge is -2.47. The molecule has 1 aromatic rings. The topological polar surface area (TPSA) is 48.3 Å². The standard InChI is InChI=1S/C23H30N4O/c1-2-3-13-23(24-25-23)14-11-22(28)27-16-12-21-20(18-27)10-7-15-26(21)17-19-8-5-4-6-9-19/h1,4-6,8-9,20-21H,3,7,10-18H2. The smallest absolute Gasteiger partial charge is 0.222 e. The van der Waals surface area contributed by atoms with Gasteiger partial charge in [-0.25, -0.2) is 0 Å². The first-order chi connectivity index (χ1) is 13.7. The van der Waals surface area contributed by atoms with Gasteiger partial charge in [0, 0.05) is 51.4 Å². The highest BCUT2D eigenvalue weighted by molar-refractivity contribution is 5.76. The molecule has 28 heavy (non-hydrogen) atoms. The molecular weight excluding hydrogens is 348 g/mol. The van der Waals surface area contributed by atoms with Gasteiger partial charge in [-0.3, -0.25) is 9.69 Å². The third kappa shape index (κ3) is 4.44. The Hall–Kier alpha value is -2.19. The average molecular weight is 379 g/mol. The second-order valence-corrected chi connectivity index (χ2v) is 8.44. The van der Waals surface area contributed by atoms with E-state index in [1.807, 2.05) is 0 Å². The molecule has 0 aliphatic carbocycles. The van der Waals surface area contributed by atoms with Crippen LogP contribution in [0.15, 0.2) is 40.6 Å². The zero-order valence-corrected chi connectivity index (χ0v) is 16.6. The van der Waals surface area contributed by atoms with Crippen LogP contribution in [0.25, 0.3) is 0 Å². The van der Waals surface area contributed by atoms with Crippen molar-refractivity contribution in [2.75, 3.05) is 19.6 Å². The Labute approximate surface area is 168 Å². The molecule has 0 N–H and O–H groups in total. The summed E-state index contributed by atoms with van der Waals surface area (Å²) in [5, 5.41) is 8.31. The molecule has 3 heterocycles. The van der Waals surface area contributed by atoms with Crippen LogP contribution in [0.5, 0.6) is 0 Å². The molecule has 0 spiro atoms. The summed E-state index contributed by atoms with van der Waals surface area (Å²) in [5.74, 6) is 3.51. The Morgan fingerprint density at radius 3 is 2.75 bits per heavy atom. The first-order valence-electron chi connectivity index (χ1n) is 10.6. The summed E-state index contributed by atoms with van der Waals surface area (Å²) >= 11 is 0. The van der Waals surface area contributed by atoms with Crippen molar-refractivity contribution in [2.24, 2.45) is 16.1 Å². The number of likely N-dealkylation sites (tertiary alicyclic amines) is 2. The van der Waals surface area contributed by atoms with E-state index in [1.54, 1.807) is 0 Å². The molecule has 1 amide bonds. The van der Waals surface area contributed by atoms with Gasteiger partial charge in [0.25, 0.3) is 0 Å². The highest BCUT2D eigenvalue weighted by Gasteiger charge is 2.41. The minimum absolute atomic E-state index is 0.260. The molecule has 0 bridgehead atoms. The van der Waals surface area contributed by atoms with E-state index in [4.69, 9.17) is 6.42 Å². The summed E-state index contributed by atoms with van der Waals surface area (Å²) < 4.78 is 0. The van der Waals surface area contributed by atoms with E-state index in [-0.39, 0.29) is 11.6 Å². The van der Waals surface area contributed by atoms with Crippen molar-refractivity contribution in [3.8, 4) is 12.3 Å². The number of carbonyl (C=O) groups excluding carboxylic acids is 1. The molecule has 0 aromatic heterocycles. The van der Waals surface area contributed by atoms with Crippen molar-refractivity contribution in [3.05, 3.63) is 35.9 Å². The third-order valence-corrected chi connectivity index (χ3v) is 6.56. The fourth-order valence-corrected chi connectivity index (χ4v) is 4.88. The molecular formula is C23H30N4O. The molecule has 0 saturated carbocycles. The largest absolute Gasteiger partial charge is 0.342 e. The van der Waals surface area contributed by atoms with E-state index >= 15 is 0 Å². The predicted molar refractivity (Wildman–Crippen MR) is 109 cm³/mol. The Bertz CT molecular complexity index is 748. The van der Waals surface area contributed by atoms with Gasteiger partial charge in [-0.05, 0) is 37.3 Å². The normalized spacial score (nSPS) is 25.8. The van der Waals surface area contributed by atoms with Gasteiger partial charge in [0.2, 0.25) is 5.91 Å². The number of terminal acetylenes is 1. The molecule has 5 heteroatoms. The number of benzene rings is 1. The van der Waals surface area contributed by atoms with Crippen LogP contribution < -0.4 is 0 Å². The maximum absolute atomic E-state index is 12.8. The zero-order valence-electron chi connectivity index (χ0n) is 16.6. The van der Waals surface area contributed by atoms with Gasteiger partial charge in [0.05, 0.1) is 0 Å². The van der Waals surface area contributed by atoms with Crippen molar-refractivity contribution in [1.29, 1.82) is 0 Å². The molecule has 2 fully saturated rings. The second-order valence-electron chi connectivity index (χ2n) is 8.44. The van der Waals surface area contributed by atoms with Crippen molar-refractivity contribution < 1.29 is 4.79 Å². The molecule has 0 radical (unpaired) electrons. The fraction of sp³-hybridized carbons (Fsp3) is 0.609. The lowest BCUT2D eigenvalue weighted by molar-refractivity contribution is -0.135. The fourth-order valence-electron chi connectivity index (χ4n) is 4.88. The third-order valence-electron chi connectivity index (χ3n) is 6.56. The highest BCUT2D eigenvalue weighted by Crippen LogP contribution is 2.38. The van der Waals surface area contributed by atoms with E-state index in [0.717, 1.165) is 32.5 Å². The summed E-state index contributed by atoms with van der Waals surface area (Å²) in [5.41, 5.74) is 1.04. The molecule has 148 valence electrons. The zero-order chi connectivity index (χ0) is 19.4. The number of fused-ring (bicyclic) bond motifs is 1. The first kappa shape index (κ1) is 19.1. The summed E-state index contributed by atoms with van der Waals surface area (Å²) in [6.07, 6.45) is 11.6. The average Bonchev–Trinajstić information content (AvgIpc) is 3.51. The number of hydrogen-bond donors (Lipinski definition) is 0. The van der Waals surface area contributed by atoms with Crippen molar-refractivity contribution in [1.82, 2.24) is 9.80 Å². The minimum Gasteiger partial charge on any atom is -0.342 e. The predicted octanol–water partition coefficient (Wildman–Crippen LogP) is 3.86. The van der Waals surface area contributed by atoms with Crippen molar-refractivity contribution in [3.63, 3.8) is 0 Å². The van der Waals surface area contributed by atoms with Crippen LogP contribution >= 0.6 is 0 Å². The lowest BCUT2D eigenvalue weighted by atomic mass is 9.83. The number of hydrogen-bond acceptors (Lipinski definition) is 4. The summed E-state index contributed by atoms with van der Waals surface area (Å²) in [4.78, 5) is 17.5. The van der Waals surface area contributed by atoms with Crippen LogP contribution in [0.3, 0.4) is 0 Å². The van der Waals surface area contributed by atoms with E-state index in [2.05, 4.69) is 56.3 Å². The van der Waals surface area contributed by atoms with Gasteiger partial charge in [-0.2, -0.15) is 10.2 Å². The quantitative estimate of drug-likeness (QED) is 0.677. The first-order valence-corrected chi connectivity index (χ1v) is 10.6. The summed E-state index contributed by atoms with van der Waals surface area (Å²) in [7, 11) is 0. The number of nitrogens with zero attached hydrogens (tertiary/aromatic N) is 4. The lowest BCUT2D eigenvalue weighted by Crippen LogP contribution is -2.54. The molecule has 3 aliphatic rings. The van der Waals surface area contributed by atoms with E-state index in [9.17, 15) is 4.79 Å².